The second kappa shape index (κ2) is 1.28. The number of hydrogen-bond acceptors (Lipinski definition) is 2. The monoisotopic (exact) mass is 110 g/mol. The van der Waals surface area contributed by atoms with Crippen LogP contribution in [0.4, 0.5) is 0 Å². The van der Waals surface area contributed by atoms with Crippen LogP contribution in [-0.2, 0) is 9.47 Å². The van der Waals surface area contributed by atoms with Crippen LogP contribution in [0.25, 0.3) is 0 Å². The normalized spacial score (nSPS) is 23.0. The highest BCUT2D eigenvalue weighted by Gasteiger charge is 2.17. The van der Waals surface area contributed by atoms with Crippen molar-refractivity contribution in [3.8, 4) is 0 Å². The van der Waals surface area contributed by atoms with Gasteiger partial charge in [0.25, 0.3) is 0 Å². The highest BCUT2D eigenvalue weighted by atomic mass is 16.7. The zero-order valence-corrected chi connectivity index (χ0v) is 4.39. The average Bonchev–Trinajstić information content (AvgIpc) is 2.15. The third kappa shape index (κ3) is 0.372. The van der Waals surface area contributed by atoms with Gasteiger partial charge in [0.2, 0.25) is 6.79 Å². The molecule has 2 rings (SSSR count). The second-order valence-corrected chi connectivity index (χ2v) is 1.80. The van der Waals surface area contributed by atoms with Gasteiger partial charge in [0.05, 0.1) is 0 Å². The van der Waals surface area contributed by atoms with E-state index in [9.17, 15) is 0 Å². The molecule has 0 aromatic carbocycles. The summed E-state index contributed by atoms with van der Waals surface area (Å²) in [5, 5.41) is 0. The first-order chi connectivity index (χ1) is 3.97. The van der Waals surface area contributed by atoms with Gasteiger partial charge in [0.1, 0.15) is 5.76 Å². The van der Waals surface area contributed by atoms with Gasteiger partial charge in [-0.05, 0) is 6.08 Å². The lowest BCUT2D eigenvalue weighted by atomic mass is 10.4. The van der Waals surface area contributed by atoms with Crippen molar-refractivity contribution in [1.29, 1.82) is 0 Å². The third-order valence-corrected chi connectivity index (χ3v) is 1.29. The lowest BCUT2D eigenvalue weighted by Crippen LogP contribution is -1.83. The Kier molecular flexibility index (Phi) is 0.640. The Labute approximate surface area is 47.4 Å². The van der Waals surface area contributed by atoms with Crippen molar-refractivity contribution in [1.82, 2.24) is 0 Å². The summed E-state index contributed by atoms with van der Waals surface area (Å²) < 4.78 is 10.1. The van der Waals surface area contributed by atoms with Crippen molar-refractivity contribution in [3.63, 3.8) is 0 Å². The summed E-state index contributed by atoms with van der Waals surface area (Å²) in [7, 11) is 0. The van der Waals surface area contributed by atoms with Gasteiger partial charge in [0, 0.05) is 6.42 Å². The molecule has 0 atom stereocenters. The van der Waals surface area contributed by atoms with E-state index in [2.05, 4.69) is 0 Å². The van der Waals surface area contributed by atoms with E-state index in [1.165, 1.54) is 0 Å². The van der Waals surface area contributed by atoms with Gasteiger partial charge in [0.15, 0.2) is 5.76 Å². The van der Waals surface area contributed by atoms with Crippen LogP contribution in [0.2, 0.25) is 0 Å². The molecule has 0 bridgehead atoms. The molecule has 2 aliphatic rings. The van der Waals surface area contributed by atoms with Crippen LogP contribution < -0.4 is 0 Å². The Morgan fingerprint density at radius 2 is 2.38 bits per heavy atom. The van der Waals surface area contributed by atoms with Crippen LogP contribution >= 0.6 is 0 Å². The molecule has 2 nitrogen and oxygen atoms in total. The Hall–Kier alpha value is -0.920. The van der Waals surface area contributed by atoms with Gasteiger partial charge in [-0.1, -0.05) is 6.08 Å². The molecule has 0 radical (unpaired) electrons. The molecule has 0 saturated heterocycles. The minimum absolute atomic E-state index is 0.412. The minimum atomic E-state index is 0.412. The first kappa shape index (κ1) is 4.01. The molecule has 0 fully saturated rings. The fourth-order valence-corrected chi connectivity index (χ4v) is 0.889. The molecule has 8 heavy (non-hydrogen) atoms. The van der Waals surface area contributed by atoms with Crippen molar-refractivity contribution in [3.05, 3.63) is 23.7 Å². The number of ether oxygens (including phenoxy) is 2. The number of allylic oxidation sites excluding steroid dienone is 2. The predicted molar refractivity (Wildman–Crippen MR) is 27.8 cm³/mol. The number of hydrogen-bond donors (Lipinski definition) is 0. The van der Waals surface area contributed by atoms with Crippen molar-refractivity contribution < 1.29 is 9.47 Å². The molecule has 1 aliphatic carbocycles. The summed E-state index contributed by atoms with van der Waals surface area (Å²) in [5.41, 5.74) is 0. The fraction of sp³-hybridized carbons (Fsp3) is 0.333. The second-order valence-electron chi connectivity index (χ2n) is 1.80. The van der Waals surface area contributed by atoms with E-state index in [0.29, 0.717) is 6.79 Å². The van der Waals surface area contributed by atoms with E-state index < -0.39 is 0 Å². The van der Waals surface area contributed by atoms with Gasteiger partial charge in [-0.3, -0.25) is 0 Å². The molecule has 1 aliphatic heterocycles. The maximum atomic E-state index is 5.07. The largest absolute Gasteiger partial charge is 0.458 e. The summed E-state index contributed by atoms with van der Waals surface area (Å²) in [4.78, 5) is 0. The quantitative estimate of drug-likeness (QED) is 0.466. The average molecular weight is 110 g/mol. The van der Waals surface area contributed by atoms with Gasteiger partial charge in [-0.25, -0.2) is 0 Å². The molecule has 1 heterocycles. The first-order valence-electron chi connectivity index (χ1n) is 2.62. The highest BCUT2D eigenvalue weighted by molar-refractivity contribution is 5.26. The SMILES string of the molecule is C1=CC2=C(C1)OCO2. The molecule has 0 N–H and O–H groups in total. The van der Waals surface area contributed by atoms with Crippen LogP contribution in [0, 0.1) is 0 Å². The molecule has 0 unspecified atom stereocenters. The molecule has 0 aromatic heterocycles. The Morgan fingerprint density at radius 1 is 1.38 bits per heavy atom. The fourth-order valence-electron chi connectivity index (χ4n) is 0.889. The van der Waals surface area contributed by atoms with Gasteiger partial charge < -0.3 is 9.47 Å². The highest BCUT2D eigenvalue weighted by Crippen LogP contribution is 2.25. The number of rotatable bonds is 0. The lowest BCUT2D eigenvalue weighted by molar-refractivity contribution is 0.0718. The summed E-state index contributed by atoms with van der Waals surface area (Å²) in [6.07, 6.45) is 4.89. The van der Waals surface area contributed by atoms with E-state index in [4.69, 9.17) is 9.47 Å². The van der Waals surface area contributed by atoms with Gasteiger partial charge in [-0.2, -0.15) is 0 Å². The summed E-state index contributed by atoms with van der Waals surface area (Å²) in [6.45, 7) is 0.412. The standard InChI is InChI=1S/C6H6O2/c1-2-5-6(3-1)8-4-7-5/h1-2H,3-4H2. The molecule has 0 spiro atoms. The molecule has 0 aromatic rings. The van der Waals surface area contributed by atoms with Gasteiger partial charge >= 0.3 is 0 Å². The maximum absolute atomic E-state index is 5.07. The Balaban J connectivity index is 2.33. The van der Waals surface area contributed by atoms with Crippen LogP contribution in [-0.4, -0.2) is 6.79 Å². The zero-order chi connectivity index (χ0) is 5.40. The summed E-state index contributed by atoms with van der Waals surface area (Å²) in [6, 6.07) is 0. The summed E-state index contributed by atoms with van der Waals surface area (Å²) >= 11 is 0. The van der Waals surface area contributed by atoms with E-state index in [0.717, 1.165) is 17.9 Å². The maximum Gasteiger partial charge on any atom is 0.230 e. The molecule has 42 valence electrons. The van der Waals surface area contributed by atoms with E-state index in [1.807, 2.05) is 12.2 Å². The van der Waals surface area contributed by atoms with Crippen molar-refractivity contribution >= 4 is 0 Å². The van der Waals surface area contributed by atoms with E-state index >= 15 is 0 Å². The van der Waals surface area contributed by atoms with E-state index in [-0.39, 0.29) is 0 Å². The lowest BCUT2D eigenvalue weighted by Gasteiger charge is -1.92. The topological polar surface area (TPSA) is 18.5 Å². The van der Waals surface area contributed by atoms with Crippen LogP contribution in [0.15, 0.2) is 23.7 Å². The predicted octanol–water partition coefficient (Wildman–Crippen LogP) is 1.16. The molecule has 2 heteroatoms. The molecule has 0 saturated carbocycles. The van der Waals surface area contributed by atoms with Crippen molar-refractivity contribution in [2.24, 2.45) is 0 Å². The van der Waals surface area contributed by atoms with Gasteiger partial charge in [-0.15, -0.1) is 0 Å². The van der Waals surface area contributed by atoms with Crippen molar-refractivity contribution in [2.45, 2.75) is 6.42 Å². The Bertz CT molecular complexity index is 167. The summed E-state index contributed by atoms with van der Waals surface area (Å²) in [5.74, 6) is 1.91. The van der Waals surface area contributed by atoms with Crippen LogP contribution in [0.5, 0.6) is 0 Å². The minimum Gasteiger partial charge on any atom is -0.458 e. The van der Waals surface area contributed by atoms with E-state index in [1.54, 1.807) is 0 Å². The molecular formula is C6H6O2. The third-order valence-electron chi connectivity index (χ3n) is 1.29. The zero-order valence-electron chi connectivity index (χ0n) is 4.39. The smallest absolute Gasteiger partial charge is 0.230 e. The first-order valence-corrected chi connectivity index (χ1v) is 2.62. The Morgan fingerprint density at radius 3 is 3.25 bits per heavy atom. The van der Waals surface area contributed by atoms with Crippen LogP contribution in [0.3, 0.4) is 0 Å². The van der Waals surface area contributed by atoms with Crippen LogP contribution in [0.1, 0.15) is 6.42 Å². The molecular weight excluding hydrogens is 104 g/mol. The molecule has 0 amide bonds. The van der Waals surface area contributed by atoms with Crippen molar-refractivity contribution in [2.75, 3.05) is 6.79 Å².